The highest BCUT2D eigenvalue weighted by atomic mass is 35.5. The van der Waals surface area contributed by atoms with Gasteiger partial charge in [0.25, 0.3) is 0 Å². The molecule has 1 atom stereocenters. The van der Waals surface area contributed by atoms with Crippen molar-refractivity contribution in [1.29, 1.82) is 0 Å². The number of nitrogens with one attached hydrogen (secondary N) is 1. The third-order valence-corrected chi connectivity index (χ3v) is 4.25. The second kappa shape index (κ2) is 5.73. The molecule has 0 bridgehead atoms. The summed E-state index contributed by atoms with van der Waals surface area (Å²) >= 11 is 6.03. The van der Waals surface area contributed by atoms with E-state index in [1.54, 1.807) is 0 Å². The van der Waals surface area contributed by atoms with E-state index in [4.69, 9.17) is 11.6 Å². The minimum Gasteiger partial charge on any atom is -0.306 e. The van der Waals surface area contributed by atoms with Crippen LogP contribution in [0.1, 0.15) is 25.8 Å². The first-order valence-electron chi connectivity index (χ1n) is 6.46. The second-order valence-electron chi connectivity index (χ2n) is 5.04. The lowest BCUT2D eigenvalue weighted by Gasteiger charge is -2.27. The molecule has 0 radical (unpaired) electrons. The highest BCUT2D eigenvalue weighted by Gasteiger charge is 2.19. The Morgan fingerprint density at radius 1 is 1.11 bits per heavy atom. The predicted octanol–water partition coefficient (Wildman–Crippen LogP) is 4.34. The topological polar surface area (TPSA) is 12.0 Å². The van der Waals surface area contributed by atoms with Gasteiger partial charge in [-0.25, -0.2) is 0 Å². The first-order chi connectivity index (χ1) is 8.68. The van der Waals surface area contributed by atoms with Crippen LogP contribution in [0.4, 0.5) is 0 Å². The van der Waals surface area contributed by atoms with Gasteiger partial charge in [-0.1, -0.05) is 49.4 Å². The number of rotatable bonds is 5. The van der Waals surface area contributed by atoms with E-state index in [0.717, 1.165) is 13.0 Å². The molecule has 0 saturated carbocycles. The zero-order valence-corrected chi connectivity index (χ0v) is 11.8. The average Bonchev–Trinajstić information content (AvgIpc) is 2.44. The van der Waals surface area contributed by atoms with Crippen LogP contribution >= 0.6 is 11.6 Å². The summed E-state index contributed by atoms with van der Waals surface area (Å²) in [7, 11) is 0. The molecule has 0 spiro atoms. The van der Waals surface area contributed by atoms with Crippen LogP contribution in [0.3, 0.4) is 0 Å². The number of halogens is 1. The summed E-state index contributed by atoms with van der Waals surface area (Å²) in [5, 5.41) is 6.18. The van der Waals surface area contributed by atoms with Gasteiger partial charge in [0.2, 0.25) is 0 Å². The van der Waals surface area contributed by atoms with Gasteiger partial charge in [0.1, 0.15) is 0 Å². The van der Waals surface area contributed by atoms with Gasteiger partial charge in [0.15, 0.2) is 0 Å². The SMILES string of the molecule is CCC(C)(CCl)NCc1cccc2ccccc12. The molecule has 96 valence electrons. The summed E-state index contributed by atoms with van der Waals surface area (Å²) in [6, 6.07) is 14.9. The van der Waals surface area contributed by atoms with E-state index in [-0.39, 0.29) is 5.54 Å². The third kappa shape index (κ3) is 2.85. The van der Waals surface area contributed by atoms with Crippen LogP contribution in [-0.2, 0) is 6.54 Å². The van der Waals surface area contributed by atoms with E-state index < -0.39 is 0 Å². The molecule has 2 aromatic carbocycles. The molecule has 1 nitrogen and oxygen atoms in total. The molecule has 2 aromatic rings. The normalized spacial score (nSPS) is 14.6. The van der Waals surface area contributed by atoms with Crippen LogP contribution in [0.25, 0.3) is 10.8 Å². The Bertz CT molecular complexity index is 512. The molecule has 2 heteroatoms. The Morgan fingerprint density at radius 2 is 1.83 bits per heavy atom. The van der Waals surface area contributed by atoms with Crippen LogP contribution < -0.4 is 5.32 Å². The van der Waals surface area contributed by atoms with Crippen molar-refractivity contribution in [2.24, 2.45) is 0 Å². The van der Waals surface area contributed by atoms with Crippen molar-refractivity contribution in [2.45, 2.75) is 32.4 Å². The van der Waals surface area contributed by atoms with Crippen LogP contribution in [-0.4, -0.2) is 11.4 Å². The molecule has 1 unspecified atom stereocenters. The van der Waals surface area contributed by atoms with Crippen LogP contribution in [0.15, 0.2) is 42.5 Å². The summed E-state index contributed by atoms with van der Waals surface area (Å²) in [6.45, 7) is 5.20. The summed E-state index contributed by atoms with van der Waals surface area (Å²) in [4.78, 5) is 0. The Hall–Kier alpha value is -1.05. The zero-order valence-electron chi connectivity index (χ0n) is 11.0. The predicted molar refractivity (Wildman–Crippen MR) is 80.2 cm³/mol. The zero-order chi connectivity index (χ0) is 13.0. The Morgan fingerprint density at radius 3 is 2.56 bits per heavy atom. The molecule has 2 rings (SSSR count). The van der Waals surface area contributed by atoms with Crippen molar-refractivity contribution in [3.63, 3.8) is 0 Å². The molecular weight excluding hydrogens is 242 g/mol. The molecule has 0 aliphatic carbocycles. The monoisotopic (exact) mass is 261 g/mol. The van der Waals surface area contributed by atoms with Gasteiger partial charge in [-0.15, -0.1) is 11.6 Å². The summed E-state index contributed by atoms with van der Waals surface area (Å²) in [5.74, 6) is 0.633. The van der Waals surface area contributed by atoms with Crippen molar-refractivity contribution in [3.8, 4) is 0 Å². The quantitative estimate of drug-likeness (QED) is 0.790. The van der Waals surface area contributed by atoms with Crippen molar-refractivity contribution in [1.82, 2.24) is 5.32 Å². The van der Waals surface area contributed by atoms with Gasteiger partial charge < -0.3 is 5.32 Å². The first kappa shape index (κ1) is 13.4. The van der Waals surface area contributed by atoms with Crippen LogP contribution in [0, 0.1) is 0 Å². The molecule has 1 N–H and O–H groups in total. The maximum absolute atomic E-state index is 6.03. The summed E-state index contributed by atoms with van der Waals surface area (Å²) < 4.78 is 0. The molecular formula is C16H20ClN. The number of hydrogen-bond acceptors (Lipinski definition) is 1. The molecule has 0 fully saturated rings. The molecule has 0 saturated heterocycles. The Labute approximate surface area is 114 Å². The minimum atomic E-state index is 0.0124. The van der Waals surface area contributed by atoms with E-state index >= 15 is 0 Å². The fourth-order valence-corrected chi connectivity index (χ4v) is 2.31. The summed E-state index contributed by atoms with van der Waals surface area (Å²) in [5.41, 5.74) is 1.34. The average molecular weight is 262 g/mol. The van der Waals surface area contributed by atoms with Gasteiger partial charge in [-0.2, -0.15) is 0 Å². The van der Waals surface area contributed by atoms with Gasteiger partial charge in [-0.05, 0) is 29.7 Å². The summed E-state index contributed by atoms with van der Waals surface area (Å²) in [6.07, 6.45) is 1.03. The minimum absolute atomic E-state index is 0.0124. The molecule has 18 heavy (non-hydrogen) atoms. The van der Waals surface area contributed by atoms with E-state index in [9.17, 15) is 0 Å². The van der Waals surface area contributed by atoms with E-state index in [1.165, 1.54) is 16.3 Å². The Balaban J connectivity index is 2.22. The smallest absolute Gasteiger partial charge is 0.0403 e. The fraction of sp³-hybridized carbons (Fsp3) is 0.375. The van der Waals surface area contributed by atoms with E-state index in [0.29, 0.717) is 5.88 Å². The lowest BCUT2D eigenvalue weighted by molar-refractivity contribution is 0.380. The lowest BCUT2D eigenvalue weighted by atomic mass is 9.99. The van der Waals surface area contributed by atoms with Gasteiger partial charge in [-0.3, -0.25) is 0 Å². The fourth-order valence-electron chi connectivity index (χ4n) is 2.02. The number of hydrogen-bond donors (Lipinski definition) is 1. The largest absolute Gasteiger partial charge is 0.306 e. The number of fused-ring (bicyclic) bond motifs is 1. The number of alkyl halides is 1. The molecule has 0 aliphatic rings. The van der Waals surface area contributed by atoms with Crippen LogP contribution in [0.2, 0.25) is 0 Å². The van der Waals surface area contributed by atoms with Crippen molar-refractivity contribution >= 4 is 22.4 Å². The maximum Gasteiger partial charge on any atom is 0.0403 e. The second-order valence-corrected chi connectivity index (χ2v) is 5.31. The maximum atomic E-state index is 6.03. The van der Waals surface area contributed by atoms with E-state index in [1.807, 2.05) is 0 Å². The van der Waals surface area contributed by atoms with Gasteiger partial charge in [0, 0.05) is 18.0 Å². The van der Waals surface area contributed by atoms with Gasteiger partial charge in [0.05, 0.1) is 0 Å². The van der Waals surface area contributed by atoms with E-state index in [2.05, 4.69) is 61.6 Å². The Kier molecular flexibility index (Phi) is 4.26. The molecule has 0 amide bonds. The first-order valence-corrected chi connectivity index (χ1v) is 6.99. The third-order valence-electron chi connectivity index (χ3n) is 3.66. The molecule has 0 heterocycles. The molecule has 0 aromatic heterocycles. The lowest BCUT2D eigenvalue weighted by Crippen LogP contribution is -2.43. The highest BCUT2D eigenvalue weighted by Crippen LogP contribution is 2.20. The van der Waals surface area contributed by atoms with Gasteiger partial charge >= 0.3 is 0 Å². The highest BCUT2D eigenvalue weighted by molar-refractivity contribution is 6.18. The van der Waals surface area contributed by atoms with Crippen molar-refractivity contribution < 1.29 is 0 Å². The van der Waals surface area contributed by atoms with Crippen LogP contribution in [0.5, 0.6) is 0 Å². The van der Waals surface area contributed by atoms with Crippen molar-refractivity contribution in [3.05, 3.63) is 48.0 Å². The molecule has 0 aliphatic heterocycles. The van der Waals surface area contributed by atoms with Crippen molar-refractivity contribution in [2.75, 3.05) is 5.88 Å². The standard InChI is InChI=1S/C16H20ClN/c1-3-16(2,12-17)18-11-14-9-6-8-13-7-4-5-10-15(13)14/h4-10,18H,3,11-12H2,1-2H3. The number of benzene rings is 2.